The quantitative estimate of drug-likeness (QED) is 0.558. The van der Waals surface area contributed by atoms with E-state index in [9.17, 15) is 26.7 Å². The molecule has 3 aromatic rings. The molecule has 4 rings (SSSR count). The van der Waals surface area contributed by atoms with Gasteiger partial charge in [0.05, 0.1) is 34.3 Å². The molecule has 1 fully saturated rings. The van der Waals surface area contributed by atoms with E-state index >= 15 is 0 Å². The van der Waals surface area contributed by atoms with E-state index in [0.29, 0.717) is 24.0 Å². The molecule has 2 N–H and O–H groups in total. The summed E-state index contributed by atoms with van der Waals surface area (Å²) in [5.41, 5.74) is -0.278. The summed E-state index contributed by atoms with van der Waals surface area (Å²) in [6, 6.07) is 14.6. The molecule has 9 nitrogen and oxygen atoms in total. The molecular weight excluding hydrogens is 456 g/mol. The van der Waals surface area contributed by atoms with Gasteiger partial charge in [0.1, 0.15) is 0 Å². The fourth-order valence-electron chi connectivity index (χ4n) is 3.43. The van der Waals surface area contributed by atoms with Crippen molar-refractivity contribution in [1.82, 2.24) is 4.31 Å². The number of rotatable bonds is 6. The molecule has 0 bridgehead atoms. The summed E-state index contributed by atoms with van der Waals surface area (Å²) in [6.07, 6.45) is 0. The maximum absolute atomic E-state index is 12.9. The van der Waals surface area contributed by atoms with Gasteiger partial charge < -0.3 is 9.84 Å². The van der Waals surface area contributed by atoms with Crippen molar-refractivity contribution in [2.24, 2.45) is 0 Å². The third kappa shape index (κ3) is 4.32. The number of morpholine rings is 1. The molecule has 0 aromatic heterocycles. The van der Waals surface area contributed by atoms with Crippen LogP contribution >= 0.6 is 0 Å². The van der Waals surface area contributed by atoms with E-state index in [1.54, 1.807) is 24.3 Å². The topological polar surface area (TPSA) is 130 Å². The Morgan fingerprint density at radius 1 is 0.875 bits per heavy atom. The van der Waals surface area contributed by atoms with Crippen LogP contribution in [0.15, 0.2) is 70.5 Å². The highest BCUT2D eigenvalue weighted by Crippen LogP contribution is 2.27. The lowest BCUT2D eigenvalue weighted by molar-refractivity contribution is 0.0698. The number of benzene rings is 3. The Morgan fingerprint density at radius 2 is 1.44 bits per heavy atom. The summed E-state index contributed by atoms with van der Waals surface area (Å²) in [5, 5.41) is 10.9. The molecule has 32 heavy (non-hydrogen) atoms. The van der Waals surface area contributed by atoms with Crippen LogP contribution in [0.4, 0.5) is 5.69 Å². The lowest BCUT2D eigenvalue weighted by Gasteiger charge is -2.26. The van der Waals surface area contributed by atoms with E-state index in [2.05, 4.69) is 4.72 Å². The first-order chi connectivity index (χ1) is 15.2. The third-order valence-electron chi connectivity index (χ3n) is 5.10. The maximum Gasteiger partial charge on any atom is 0.337 e. The molecule has 168 valence electrons. The minimum atomic E-state index is -4.17. The largest absolute Gasteiger partial charge is 0.478 e. The van der Waals surface area contributed by atoms with Gasteiger partial charge in [-0.05, 0) is 47.2 Å². The van der Waals surface area contributed by atoms with Gasteiger partial charge in [-0.3, -0.25) is 4.72 Å². The molecule has 0 saturated carbocycles. The summed E-state index contributed by atoms with van der Waals surface area (Å²) in [7, 11) is -7.93. The molecule has 1 aliphatic heterocycles. The molecular formula is C21H20N2O7S2. The zero-order valence-corrected chi connectivity index (χ0v) is 18.4. The molecule has 0 spiro atoms. The van der Waals surface area contributed by atoms with E-state index in [1.807, 2.05) is 0 Å². The average Bonchev–Trinajstić information content (AvgIpc) is 2.79. The lowest BCUT2D eigenvalue weighted by Crippen LogP contribution is -2.40. The standard InChI is InChI=1S/C21H20N2O7S2/c24-21(25)19-13-15-3-1-2-4-16(15)14-20(19)22-31(26,27)17-5-7-18(8-6-17)32(28,29)23-9-11-30-12-10-23/h1-8,13-14,22H,9-12H2,(H,24,25). The van der Waals surface area contributed by atoms with Crippen molar-refractivity contribution in [3.63, 3.8) is 0 Å². The van der Waals surface area contributed by atoms with Crippen molar-refractivity contribution in [3.8, 4) is 0 Å². The normalized spacial score (nSPS) is 15.5. The predicted octanol–water partition coefficient (Wildman–Crippen LogP) is 2.36. The Balaban J connectivity index is 1.64. The molecule has 1 heterocycles. The number of aromatic carboxylic acids is 1. The molecule has 0 aliphatic carbocycles. The van der Waals surface area contributed by atoms with Gasteiger partial charge in [-0.25, -0.2) is 21.6 Å². The first-order valence-electron chi connectivity index (χ1n) is 9.65. The second kappa shape index (κ2) is 8.51. The number of hydrogen-bond donors (Lipinski definition) is 2. The second-order valence-electron chi connectivity index (χ2n) is 7.14. The summed E-state index contributed by atoms with van der Waals surface area (Å²) >= 11 is 0. The number of sulfonamides is 2. The average molecular weight is 477 g/mol. The SMILES string of the molecule is O=C(O)c1cc2ccccc2cc1NS(=O)(=O)c1ccc(S(=O)(=O)N2CCOCC2)cc1. The number of carbonyl (C=O) groups is 1. The van der Waals surface area contributed by atoms with Crippen molar-refractivity contribution < 1.29 is 31.5 Å². The zero-order chi connectivity index (χ0) is 22.9. The Labute approximate surface area is 185 Å². The van der Waals surface area contributed by atoms with E-state index in [-0.39, 0.29) is 34.1 Å². The minimum Gasteiger partial charge on any atom is -0.478 e. The Kier molecular flexibility index (Phi) is 5.91. The highest BCUT2D eigenvalue weighted by molar-refractivity contribution is 7.92. The predicted molar refractivity (Wildman–Crippen MR) is 118 cm³/mol. The summed E-state index contributed by atoms with van der Waals surface area (Å²) in [6.45, 7) is 1.05. The number of hydrogen-bond acceptors (Lipinski definition) is 6. The monoisotopic (exact) mass is 476 g/mol. The van der Waals surface area contributed by atoms with Crippen LogP contribution in [-0.2, 0) is 24.8 Å². The molecule has 1 saturated heterocycles. The third-order valence-corrected chi connectivity index (χ3v) is 8.40. The van der Waals surface area contributed by atoms with Crippen LogP contribution in [0.5, 0.6) is 0 Å². The van der Waals surface area contributed by atoms with Crippen molar-refractivity contribution in [2.45, 2.75) is 9.79 Å². The first-order valence-corrected chi connectivity index (χ1v) is 12.6. The molecule has 0 amide bonds. The number of nitrogens with one attached hydrogen (secondary N) is 1. The number of fused-ring (bicyclic) bond motifs is 1. The molecule has 0 atom stereocenters. The smallest absolute Gasteiger partial charge is 0.337 e. The van der Waals surface area contributed by atoms with Gasteiger partial charge in [0, 0.05) is 13.1 Å². The highest BCUT2D eigenvalue weighted by atomic mass is 32.2. The number of carboxylic acid groups (broad SMARTS) is 1. The zero-order valence-electron chi connectivity index (χ0n) is 16.8. The molecule has 11 heteroatoms. The van der Waals surface area contributed by atoms with E-state index in [4.69, 9.17) is 4.74 Å². The number of carboxylic acids is 1. The van der Waals surface area contributed by atoms with Gasteiger partial charge in [0.2, 0.25) is 10.0 Å². The van der Waals surface area contributed by atoms with Crippen LogP contribution in [0, 0.1) is 0 Å². The fourth-order valence-corrected chi connectivity index (χ4v) is 5.91. The number of ether oxygens (including phenoxy) is 1. The van der Waals surface area contributed by atoms with Crippen molar-refractivity contribution in [2.75, 3.05) is 31.0 Å². The van der Waals surface area contributed by atoms with Crippen LogP contribution in [0.25, 0.3) is 10.8 Å². The summed E-state index contributed by atoms with van der Waals surface area (Å²) in [5.74, 6) is -1.28. The maximum atomic E-state index is 12.9. The highest BCUT2D eigenvalue weighted by Gasteiger charge is 2.27. The van der Waals surface area contributed by atoms with Gasteiger partial charge in [-0.1, -0.05) is 24.3 Å². The van der Waals surface area contributed by atoms with E-state index in [0.717, 1.165) is 0 Å². The van der Waals surface area contributed by atoms with Gasteiger partial charge in [0.25, 0.3) is 10.0 Å². The first kappa shape index (κ1) is 22.2. The van der Waals surface area contributed by atoms with Crippen molar-refractivity contribution in [3.05, 3.63) is 66.2 Å². The Morgan fingerprint density at radius 3 is 2.03 bits per heavy atom. The van der Waals surface area contributed by atoms with Gasteiger partial charge >= 0.3 is 5.97 Å². The van der Waals surface area contributed by atoms with Crippen molar-refractivity contribution >= 4 is 42.5 Å². The van der Waals surface area contributed by atoms with Gasteiger partial charge in [-0.15, -0.1) is 0 Å². The van der Waals surface area contributed by atoms with E-state index in [1.165, 1.54) is 40.7 Å². The van der Waals surface area contributed by atoms with Crippen LogP contribution in [-0.4, -0.2) is 58.5 Å². The molecule has 0 unspecified atom stereocenters. The second-order valence-corrected chi connectivity index (χ2v) is 10.8. The lowest BCUT2D eigenvalue weighted by atomic mass is 10.1. The van der Waals surface area contributed by atoms with Crippen LogP contribution in [0.1, 0.15) is 10.4 Å². The molecule has 1 aliphatic rings. The summed E-state index contributed by atoms with van der Waals surface area (Å²) < 4.78 is 60.0. The fraction of sp³-hybridized carbons (Fsp3) is 0.190. The van der Waals surface area contributed by atoms with E-state index < -0.39 is 26.0 Å². The van der Waals surface area contributed by atoms with Gasteiger partial charge in [0.15, 0.2) is 0 Å². The van der Waals surface area contributed by atoms with Gasteiger partial charge in [-0.2, -0.15) is 4.31 Å². The Bertz CT molecular complexity index is 1380. The molecule has 3 aromatic carbocycles. The minimum absolute atomic E-state index is 0.0321. The van der Waals surface area contributed by atoms with Crippen molar-refractivity contribution in [1.29, 1.82) is 0 Å². The molecule has 0 radical (unpaired) electrons. The number of anilines is 1. The van der Waals surface area contributed by atoms with Crippen LogP contribution < -0.4 is 4.72 Å². The Hall–Kier alpha value is -2.99. The summed E-state index contributed by atoms with van der Waals surface area (Å²) in [4.78, 5) is 11.5. The van der Waals surface area contributed by atoms with Crippen LogP contribution in [0.3, 0.4) is 0 Å². The number of nitrogens with zero attached hydrogens (tertiary/aromatic N) is 1. The van der Waals surface area contributed by atoms with Crippen LogP contribution in [0.2, 0.25) is 0 Å².